The van der Waals surface area contributed by atoms with Gasteiger partial charge in [-0.2, -0.15) is 0 Å². The van der Waals surface area contributed by atoms with E-state index in [0.29, 0.717) is 0 Å². The van der Waals surface area contributed by atoms with Crippen molar-refractivity contribution in [2.75, 3.05) is 19.7 Å². The van der Waals surface area contributed by atoms with Crippen molar-refractivity contribution in [2.45, 2.75) is 33.2 Å². The van der Waals surface area contributed by atoms with Crippen molar-refractivity contribution in [1.29, 1.82) is 0 Å². The molecule has 104 valence electrons. The van der Waals surface area contributed by atoms with Gasteiger partial charge in [-0.25, -0.2) is 4.98 Å². The van der Waals surface area contributed by atoms with Gasteiger partial charge in [-0.15, -0.1) is 0 Å². The lowest BCUT2D eigenvalue weighted by Crippen LogP contribution is -2.28. The summed E-state index contributed by atoms with van der Waals surface area (Å²) < 4.78 is 2.13. The van der Waals surface area contributed by atoms with Gasteiger partial charge in [0.15, 0.2) is 0 Å². The molecule has 0 atom stereocenters. The summed E-state index contributed by atoms with van der Waals surface area (Å²) in [5.74, 6) is 0. The minimum absolute atomic E-state index is 0.208. The van der Waals surface area contributed by atoms with Gasteiger partial charge in [0.2, 0.25) is 0 Å². The van der Waals surface area contributed by atoms with Crippen molar-refractivity contribution in [2.24, 2.45) is 0 Å². The van der Waals surface area contributed by atoms with E-state index in [1.54, 1.807) is 0 Å². The van der Waals surface area contributed by atoms with Crippen molar-refractivity contribution >= 4 is 5.65 Å². The first-order valence-electron chi connectivity index (χ1n) is 7.00. The molecule has 0 unspecified atom stereocenters. The van der Waals surface area contributed by atoms with Crippen LogP contribution in [0.1, 0.15) is 31.0 Å². The molecule has 0 saturated heterocycles. The molecule has 2 aromatic heterocycles. The fourth-order valence-electron chi connectivity index (χ4n) is 2.27. The van der Waals surface area contributed by atoms with Gasteiger partial charge < -0.3 is 9.51 Å². The van der Waals surface area contributed by atoms with Crippen molar-refractivity contribution in [3.63, 3.8) is 0 Å². The van der Waals surface area contributed by atoms with E-state index in [-0.39, 0.29) is 6.61 Å². The Morgan fingerprint density at radius 1 is 1.37 bits per heavy atom. The van der Waals surface area contributed by atoms with Crippen LogP contribution in [-0.2, 0) is 6.54 Å². The number of hydrogen-bond acceptors (Lipinski definition) is 3. The lowest BCUT2D eigenvalue weighted by Gasteiger charge is -2.20. The summed E-state index contributed by atoms with van der Waals surface area (Å²) in [7, 11) is 0. The highest BCUT2D eigenvalue weighted by Gasteiger charge is 2.09. The predicted molar refractivity (Wildman–Crippen MR) is 77.2 cm³/mol. The molecule has 1 N–H and O–H groups in total. The molecule has 19 heavy (non-hydrogen) atoms. The molecular weight excluding hydrogens is 238 g/mol. The SMILES string of the molecule is CCCCN(CCO)Cc1cnc2cc(C)ccn12. The molecule has 0 amide bonds. The van der Waals surface area contributed by atoms with Crippen LogP contribution < -0.4 is 0 Å². The Morgan fingerprint density at radius 2 is 2.21 bits per heavy atom. The Labute approximate surface area is 114 Å². The summed E-state index contributed by atoms with van der Waals surface area (Å²) in [4.78, 5) is 6.73. The second-order valence-corrected chi connectivity index (χ2v) is 5.04. The molecule has 0 bridgehead atoms. The predicted octanol–water partition coefficient (Wildman–Crippen LogP) is 2.24. The molecule has 0 aliphatic heterocycles. The number of rotatable bonds is 7. The van der Waals surface area contributed by atoms with Crippen LogP contribution in [0.25, 0.3) is 5.65 Å². The Kier molecular flexibility index (Phi) is 4.93. The smallest absolute Gasteiger partial charge is 0.137 e. The maximum absolute atomic E-state index is 9.15. The van der Waals surface area contributed by atoms with Crippen LogP contribution in [0.2, 0.25) is 0 Å². The molecule has 0 saturated carbocycles. The van der Waals surface area contributed by atoms with Gasteiger partial charge in [0.25, 0.3) is 0 Å². The third-order valence-electron chi connectivity index (χ3n) is 3.38. The topological polar surface area (TPSA) is 40.8 Å². The molecule has 0 aliphatic rings. The molecule has 0 aliphatic carbocycles. The van der Waals surface area contributed by atoms with Crippen LogP contribution in [0.4, 0.5) is 0 Å². The maximum atomic E-state index is 9.15. The lowest BCUT2D eigenvalue weighted by atomic mass is 10.3. The highest BCUT2D eigenvalue weighted by atomic mass is 16.3. The first-order valence-corrected chi connectivity index (χ1v) is 7.00. The first kappa shape index (κ1) is 14.0. The van der Waals surface area contributed by atoms with E-state index in [2.05, 4.69) is 46.5 Å². The second-order valence-electron chi connectivity index (χ2n) is 5.04. The Balaban J connectivity index is 2.14. The van der Waals surface area contributed by atoms with E-state index in [9.17, 15) is 0 Å². The number of aliphatic hydroxyl groups is 1. The summed E-state index contributed by atoms with van der Waals surface area (Å²) in [6, 6.07) is 4.19. The zero-order valence-corrected chi connectivity index (χ0v) is 11.8. The average molecular weight is 261 g/mol. The molecular formula is C15H23N3O. The number of aromatic nitrogens is 2. The first-order chi connectivity index (χ1) is 9.24. The van der Waals surface area contributed by atoms with Crippen LogP contribution >= 0.6 is 0 Å². The molecule has 2 heterocycles. The fourth-order valence-corrected chi connectivity index (χ4v) is 2.27. The van der Waals surface area contributed by atoms with Crippen LogP contribution in [0.5, 0.6) is 0 Å². The summed E-state index contributed by atoms with van der Waals surface area (Å²) in [6.45, 7) is 7.06. The Morgan fingerprint density at radius 3 is 2.95 bits per heavy atom. The molecule has 4 heteroatoms. The number of aryl methyl sites for hydroxylation is 1. The highest BCUT2D eigenvalue weighted by Crippen LogP contribution is 2.11. The zero-order valence-electron chi connectivity index (χ0n) is 11.8. The summed E-state index contributed by atoms with van der Waals surface area (Å²) >= 11 is 0. The number of fused-ring (bicyclic) bond motifs is 1. The third kappa shape index (κ3) is 3.55. The van der Waals surface area contributed by atoms with Crippen LogP contribution in [0, 0.1) is 6.92 Å². The number of unbranched alkanes of at least 4 members (excludes halogenated alkanes) is 1. The van der Waals surface area contributed by atoms with Gasteiger partial charge >= 0.3 is 0 Å². The number of nitrogens with zero attached hydrogens (tertiary/aromatic N) is 3. The fraction of sp³-hybridized carbons (Fsp3) is 0.533. The highest BCUT2D eigenvalue weighted by molar-refractivity contribution is 5.42. The molecule has 4 nitrogen and oxygen atoms in total. The van der Waals surface area contributed by atoms with Crippen molar-refractivity contribution in [1.82, 2.24) is 14.3 Å². The minimum atomic E-state index is 0.208. The van der Waals surface area contributed by atoms with E-state index in [0.717, 1.165) is 31.7 Å². The van der Waals surface area contributed by atoms with Gasteiger partial charge in [-0.05, 0) is 37.6 Å². The van der Waals surface area contributed by atoms with Crippen LogP contribution in [0.15, 0.2) is 24.5 Å². The number of pyridine rings is 1. The largest absolute Gasteiger partial charge is 0.395 e. The van der Waals surface area contributed by atoms with Crippen LogP contribution in [-0.4, -0.2) is 39.1 Å². The quantitative estimate of drug-likeness (QED) is 0.831. The summed E-state index contributed by atoms with van der Waals surface area (Å²) in [5.41, 5.74) is 3.40. The zero-order chi connectivity index (χ0) is 13.7. The van der Waals surface area contributed by atoms with Crippen molar-refractivity contribution in [3.8, 4) is 0 Å². The van der Waals surface area contributed by atoms with Gasteiger partial charge in [0.05, 0.1) is 18.5 Å². The third-order valence-corrected chi connectivity index (χ3v) is 3.38. The Bertz CT molecular complexity index is 521. The van der Waals surface area contributed by atoms with Crippen LogP contribution in [0.3, 0.4) is 0 Å². The van der Waals surface area contributed by atoms with Crippen molar-refractivity contribution < 1.29 is 5.11 Å². The van der Waals surface area contributed by atoms with Gasteiger partial charge in [0, 0.05) is 19.3 Å². The standard InChI is InChI=1S/C15H23N3O/c1-3-4-6-17(8-9-19)12-14-11-16-15-10-13(2)5-7-18(14)15/h5,7,10-11,19H,3-4,6,8-9,12H2,1-2H3. The van der Waals surface area contributed by atoms with Gasteiger partial charge in [0.1, 0.15) is 5.65 Å². The van der Waals surface area contributed by atoms with E-state index in [1.165, 1.54) is 17.7 Å². The van der Waals surface area contributed by atoms with E-state index in [4.69, 9.17) is 5.11 Å². The maximum Gasteiger partial charge on any atom is 0.137 e. The number of hydrogen-bond donors (Lipinski definition) is 1. The second kappa shape index (κ2) is 6.68. The monoisotopic (exact) mass is 261 g/mol. The van der Waals surface area contributed by atoms with Crippen molar-refractivity contribution in [3.05, 3.63) is 35.8 Å². The van der Waals surface area contributed by atoms with Gasteiger partial charge in [-0.3, -0.25) is 4.90 Å². The summed E-state index contributed by atoms with van der Waals surface area (Å²) in [5, 5.41) is 9.15. The van der Waals surface area contributed by atoms with E-state index < -0.39 is 0 Å². The lowest BCUT2D eigenvalue weighted by molar-refractivity contribution is 0.186. The number of aliphatic hydroxyl groups excluding tert-OH is 1. The molecule has 2 rings (SSSR count). The van der Waals surface area contributed by atoms with E-state index in [1.807, 2.05) is 6.20 Å². The van der Waals surface area contributed by atoms with E-state index >= 15 is 0 Å². The molecule has 2 aromatic rings. The molecule has 0 aromatic carbocycles. The molecule has 0 spiro atoms. The normalized spacial score (nSPS) is 11.6. The number of imidazole rings is 1. The molecule has 0 radical (unpaired) electrons. The average Bonchev–Trinajstić information content (AvgIpc) is 2.78. The van der Waals surface area contributed by atoms with Gasteiger partial charge in [-0.1, -0.05) is 13.3 Å². The minimum Gasteiger partial charge on any atom is -0.395 e. The summed E-state index contributed by atoms with van der Waals surface area (Å²) in [6.07, 6.45) is 6.35. The molecule has 0 fully saturated rings. The Hall–Kier alpha value is -1.39.